The molecule has 0 spiro atoms. The summed E-state index contributed by atoms with van der Waals surface area (Å²) < 4.78 is 4.78. The fourth-order valence-electron chi connectivity index (χ4n) is 2.73. The molecule has 0 aromatic heterocycles. The Morgan fingerprint density at radius 3 is 2.62 bits per heavy atom. The third-order valence-electron chi connectivity index (χ3n) is 4.27. The molecule has 1 amide bonds. The molecule has 0 saturated carbocycles. The lowest BCUT2D eigenvalue weighted by Gasteiger charge is -2.32. The van der Waals surface area contributed by atoms with Gasteiger partial charge in [0.2, 0.25) is 5.91 Å². The van der Waals surface area contributed by atoms with E-state index in [0.29, 0.717) is 19.4 Å². The number of nitrogens with one attached hydrogen (secondary N) is 1. The molecule has 1 fully saturated rings. The van der Waals surface area contributed by atoms with Crippen LogP contribution in [0.4, 0.5) is 0 Å². The third-order valence-corrected chi connectivity index (χ3v) is 4.27. The van der Waals surface area contributed by atoms with E-state index in [2.05, 4.69) is 11.2 Å². The second-order valence-electron chi connectivity index (χ2n) is 5.58. The van der Waals surface area contributed by atoms with Gasteiger partial charge in [-0.05, 0) is 32.2 Å². The molecule has 1 aliphatic heterocycles. The maximum absolute atomic E-state index is 12.2. The van der Waals surface area contributed by atoms with E-state index in [-0.39, 0.29) is 24.3 Å². The predicted molar refractivity (Wildman–Crippen MR) is 81.5 cm³/mol. The fourth-order valence-corrected chi connectivity index (χ4v) is 2.73. The Labute approximate surface area is 127 Å². The molecule has 5 nitrogen and oxygen atoms in total. The van der Waals surface area contributed by atoms with Crippen molar-refractivity contribution in [3.8, 4) is 12.3 Å². The Balaban J connectivity index is 2.55. The molecule has 21 heavy (non-hydrogen) atoms. The average molecular weight is 294 g/mol. The lowest BCUT2D eigenvalue weighted by molar-refractivity contribution is -0.147. The van der Waals surface area contributed by atoms with Gasteiger partial charge < -0.3 is 10.1 Å². The number of nitrogens with zero attached hydrogens (tertiary/aromatic N) is 1. The lowest BCUT2D eigenvalue weighted by atomic mass is 9.93. The van der Waals surface area contributed by atoms with Gasteiger partial charge in [-0.2, -0.15) is 0 Å². The number of hydrogen-bond donors (Lipinski definition) is 1. The second-order valence-corrected chi connectivity index (χ2v) is 5.58. The normalized spacial score (nSPS) is 19.6. The summed E-state index contributed by atoms with van der Waals surface area (Å²) in [6.07, 6.45) is 8.68. The first-order chi connectivity index (χ1) is 10.00. The lowest BCUT2D eigenvalue weighted by Crippen LogP contribution is -2.51. The zero-order chi connectivity index (χ0) is 15.9. The summed E-state index contributed by atoms with van der Waals surface area (Å²) in [7, 11) is 1.40. The number of amides is 1. The van der Waals surface area contributed by atoms with Gasteiger partial charge in [0, 0.05) is 6.54 Å². The largest absolute Gasteiger partial charge is 0.469 e. The number of methoxy groups -OCH3 is 1. The summed E-state index contributed by atoms with van der Waals surface area (Å²) >= 11 is 0. The van der Waals surface area contributed by atoms with Crippen molar-refractivity contribution >= 4 is 11.9 Å². The summed E-state index contributed by atoms with van der Waals surface area (Å²) in [4.78, 5) is 25.8. The summed E-state index contributed by atoms with van der Waals surface area (Å²) in [5.74, 6) is 2.29. The molecule has 1 aliphatic rings. The van der Waals surface area contributed by atoms with Crippen LogP contribution < -0.4 is 5.32 Å². The van der Waals surface area contributed by atoms with Gasteiger partial charge in [0.05, 0.1) is 19.6 Å². The van der Waals surface area contributed by atoms with Gasteiger partial charge in [-0.1, -0.05) is 19.8 Å². The predicted octanol–water partition coefficient (Wildman–Crippen LogP) is 1.18. The molecule has 1 saturated heterocycles. The number of carbonyl (C=O) groups excluding carboxylic acids is 2. The van der Waals surface area contributed by atoms with Crippen molar-refractivity contribution in [2.75, 3.05) is 26.7 Å². The maximum Gasteiger partial charge on any atom is 0.309 e. The summed E-state index contributed by atoms with van der Waals surface area (Å²) in [5, 5.41) is 2.95. The van der Waals surface area contributed by atoms with Crippen LogP contribution in [0.2, 0.25) is 0 Å². The number of likely N-dealkylation sites (tertiary alicyclic amines) is 1. The maximum atomic E-state index is 12.2. The Hall–Kier alpha value is -1.54. The highest BCUT2D eigenvalue weighted by molar-refractivity contribution is 5.79. The topological polar surface area (TPSA) is 58.6 Å². The van der Waals surface area contributed by atoms with E-state index in [0.717, 1.165) is 19.4 Å². The third kappa shape index (κ3) is 4.75. The molecular weight excluding hydrogens is 268 g/mol. The van der Waals surface area contributed by atoms with E-state index in [1.165, 1.54) is 7.11 Å². The van der Waals surface area contributed by atoms with Gasteiger partial charge in [-0.15, -0.1) is 6.42 Å². The number of rotatable bonds is 6. The molecule has 1 N–H and O–H groups in total. The molecule has 0 bridgehead atoms. The van der Waals surface area contributed by atoms with Crippen LogP contribution in [0, 0.1) is 18.3 Å². The Bertz CT molecular complexity index is 410. The Morgan fingerprint density at radius 2 is 2.10 bits per heavy atom. The van der Waals surface area contributed by atoms with E-state index in [1.807, 2.05) is 18.7 Å². The number of ether oxygens (including phenoxy) is 1. The van der Waals surface area contributed by atoms with E-state index < -0.39 is 5.54 Å². The number of esters is 1. The van der Waals surface area contributed by atoms with Gasteiger partial charge in [0.25, 0.3) is 0 Å². The second kappa shape index (κ2) is 8.04. The number of terminal acetylenes is 1. The Kier molecular flexibility index (Phi) is 6.70. The minimum Gasteiger partial charge on any atom is -0.469 e. The first-order valence-corrected chi connectivity index (χ1v) is 7.59. The van der Waals surface area contributed by atoms with Crippen LogP contribution in [0.25, 0.3) is 0 Å². The molecule has 5 heteroatoms. The van der Waals surface area contributed by atoms with E-state index in [4.69, 9.17) is 11.2 Å². The molecular formula is C16H26N2O3. The van der Waals surface area contributed by atoms with Gasteiger partial charge in [-0.25, -0.2) is 0 Å². The number of hydrogen-bond acceptors (Lipinski definition) is 4. The molecule has 1 heterocycles. The molecule has 0 aromatic carbocycles. The highest BCUT2D eigenvalue weighted by Gasteiger charge is 2.30. The molecule has 0 aliphatic carbocycles. The van der Waals surface area contributed by atoms with Crippen LogP contribution in [0.1, 0.15) is 39.5 Å². The Morgan fingerprint density at radius 1 is 1.43 bits per heavy atom. The van der Waals surface area contributed by atoms with Gasteiger partial charge in [0.15, 0.2) is 0 Å². The van der Waals surface area contributed by atoms with Crippen molar-refractivity contribution in [2.24, 2.45) is 5.92 Å². The SMILES string of the molecule is C#CC(CC)(CC)NC(=O)CN1CCC[C@H](C(=O)OC)C1. The molecule has 0 radical (unpaired) electrons. The summed E-state index contributed by atoms with van der Waals surface area (Å²) in [5.41, 5.74) is -0.561. The summed E-state index contributed by atoms with van der Waals surface area (Å²) in [6.45, 7) is 5.61. The summed E-state index contributed by atoms with van der Waals surface area (Å²) in [6, 6.07) is 0. The van der Waals surface area contributed by atoms with Crippen LogP contribution in [-0.4, -0.2) is 49.1 Å². The van der Waals surface area contributed by atoms with Crippen LogP contribution >= 0.6 is 0 Å². The van der Waals surface area contributed by atoms with E-state index in [9.17, 15) is 9.59 Å². The highest BCUT2D eigenvalue weighted by Crippen LogP contribution is 2.18. The first-order valence-electron chi connectivity index (χ1n) is 7.59. The quantitative estimate of drug-likeness (QED) is 0.590. The monoisotopic (exact) mass is 294 g/mol. The fraction of sp³-hybridized carbons (Fsp3) is 0.750. The van der Waals surface area contributed by atoms with Crippen LogP contribution in [0.5, 0.6) is 0 Å². The number of carbonyl (C=O) groups is 2. The number of piperidine rings is 1. The van der Waals surface area contributed by atoms with Crippen LogP contribution in [0.15, 0.2) is 0 Å². The minimum atomic E-state index is -0.561. The van der Waals surface area contributed by atoms with Crippen molar-refractivity contribution < 1.29 is 14.3 Å². The van der Waals surface area contributed by atoms with E-state index in [1.54, 1.807) is 0 Å². The zero-order valence-electron chi connectivity index (χ0n) is 13.3. The molecule has 1 rings (SSSR count). The highest BCUT2D eigenvalue weighted by atomic mass is 16.5. The zero-order valence-corrected chi connectivity index (χ0v) is 13.3. The molecule has 0 unspecified atom stereocenters. The first kappa shape index (κ1) is 17.5. The van der Waals surface area contributed by atoms with Crippen molar-refractivity contribution in [1.82, 2.24) is 10.2 Å². The molecule has 1 atom stereocenters. The van der Waals surface area contributed by atoms with Crippen LogP contribution in [0.3, 0.4) is 0 Å². The molecule has 118 valence electrons. The van der Waals surface area contributed by atoms with Crippen molar-refractivity contribution in [3.05, 3.63) is 0 Å². The van der Waals surface area contributed by atoms with Crippen LogP contribution in [-0.2, 0) is 14.3 Å². The minimum absolute atomic E-state index is 0.0813. The molecule has 0 aromatic rings. The van der Waals surface area contributed by atoms with Crippen molar-refractivity contribution in [2.45, 2.75) is 45.1 Å². The van der Waals surface area contributed by atoms with Gasteiger partial charge >= 0.3 is 5.97 Å². The van der Waals surface area contributed by atoms with Crippen molar-refractivity contribution in [3.63, 3.8) is 0 Å². The van der Waals surface area contributed by atoms with Gasteiger partial charge in [0.1, 0.15) is 5.54 Å². The smallest absolute Gasteiger partial charge is 0.309 e. The average Bonchev–Trinajstić information content (AvgIpc) is 2.52. The standard InChI is InChI=1S/C16H26N2O3/c1-5-16(6-2,7-3)17-14(19)12-18-10-8-9-13(11-18)15(20)21-4/h1,13H,6-12H2,2-4H3,(H,17,19)/t13-/m0/s1. The van der Waals surface area contributed by atoms with Gasteiger partial charge in [-0.3, -0.25) is 14.5 Å². The van der Waals surface area contributed by atoms with E-state index >= 15 is 0 Å². The van der Waals surface area contributed by atoms with Crippen molar-refractivity contribution in [1.29, 1.82) is 0 Å².